The smallest absolute Gasteiger partial charge is 0.225 e. The van der Waals surface area contributed by atoms with Gasteiger partial charge in [0.25, 0.3) is 0 Å². The average Bonchev–Trinajstić information content (AvgIpc) is 3.30. The number of anilines is 2. The van der Waals surface area contributed by atoms with Crippen LogP contribution in [0.4, 0.5) is 11.4 Å². The van der Waals surface area contributed by atoms with Crippen LogP contribution in [-0.2, 0) is 4.79 Å². The van der Waals surface area contributed by atoms with E-state index in [9.17, 15) is 9.90 Å². The van der Waals surface area contributed by atoms with Gasteiger partial charge in [-0.25, -0.2) is 0 Å². The largest absolute Gasteiger partial charge is 0.390 e. The molecule has 1 atom stereocenters. The molecule has 2 N–H and O–H groups in total. The zero-order chi connectivity index (χ0) is 20.6. The van der Waals surface area contributed by atoms with E-state index < -0.39 is 5.60 Å². The van der Waals surface area contributed by atoms with Gasteiger partial charge in [-0.2, -0.15) is 5.10 Å². The standard InChI is InChI=1S/C24H34N4O2/c29-23(18-5-6-18)27-15-12-24(30,13-16-27)17-22-11-14-25-28(22)21-9-7-20(8-10-21)26-19-3-1-2-4-19/h7-10,14,18-19,22,26,30H,1-6,11-13,15-17H2. The van der Waals surface area contributed by atoms with E-state index in [4.69, 9.17) is 0 Å². The van der Waals surface area contributed by atoms with Gasteiger partial charge in [0.05, 0.1) is 17.3 Å². The summed E-state index contributed by atoms with van der Waals surface area (Å²) in [5.41, 5.74) is 1.55. The zero-order valence-corrected chi connectivity index (χ0v) is 17.8. The van der Waals surface area contributed by atoms with Crippen LogP contribution in [0.3, 0.4) is 0 Å². The molecule has 0 spiro atoms. The molecule has 4 aliphatic rings. The summed E-state index contributed by atoms with van der Waals surface area (Å²) in [7, 11) is 0. The highest BCUT2D eigenvalue weighted by molar-refractivity contribution is 5.81. The monoisotopic (exact) mass is 410 g/mol. The van der Waals surface area contributed by atoms with E-state index in [0.29, 0.717) is 44.3 Å². The Labute approximate surface area is 179 Å². The van der Waals surface area contributed by atoms with Gasteiger partial charge in [0.2, 0.25) is 5.91 Å². The number of hydrogen-bond donors (Lipinski definition) is 2. The van der Waals surface area contributed by atoms with E-state index in [0.717, 1.165) is 24.9 Å². The number of aliphatic hydroxyl groups is 1. The summed E-state index contributed by atoms with van der Waals surface area (Å²) in [6.07, 6.45) is 12.1. The Morgan fingerprint density at radius 2 is 1.80 bits per heavy atom. The molecular formula is C24H34N4O2. The molecule has 1 amide bonds. The minimum atomic E-state index is -0.707. The molecule has 1 unspecified atom stereocenters. The molecule has 0 bridgehead atoms. The van der Waals surface area contributed by atoms with Crippen molar-refractivity contribution in [3.8, 4) is 0 Å². The molecule has 1 aromatic rings. The van der Waals surface area contributed by atoms with E-state index >= 15 is 0 Å². The summed E-state index contributed by atoms with van der Waals surface area (Å²) in [4.78, 5) is 14.3. The lowest BCUT2D eigenvalue weighted by atomic mass is 9.84. The van der Waals surface area contributed by atoms with Crippen LogP contribution in [0.25, 0.3) is 0 Å². The number of carbonyl (C=O) groups is 1. The second-order valence-corrected chi connectivity index (χ2v) is 9.73. The molecule has 2 heterocycles. The Morgan fingerprint density at radius 1 is 1.10 bits per heavy atom. The molecule has 0 radical (unpaired) electrons. The van der Waals surface area contributed by atoms with Gasteiger partial charge in [-0.3, -0.25) is 9.80 Å². The maximum atomic E-state index is 12.3. The van der Waals surface area contributed by atoms with Crippen molar-refractivity contribution in [2.45, 2.75) is 81.9 Å². The molecule has 1 aromatic carbocycles. The number of likely N-dealkylation sites (tertiary alicyclic amines) is 1. The van der Waals surface area contributed by atoms with Crippen molar-refractivity contribution >= 4 is 23.5 Å². The molecule has 3 fully saturated rings. The number of hydrazone groups is 1. The fourth-order valence-electron chi connectivity index (χ4n) is 5.29. The summed E-state index contributed by atoms with van der Waals surface area (Å²) in [6.45, 7) is 1.36. The van der Waals surface area contributed by atoms with Gasteiger partial charge in [0, 0.05) is 43.4 Å². The second-order valence-electron chi connectivity index (χ2n) is 9.73. The highest BCUT2D eigenvalue weighted by Crippen LogP contribution is 2.36. The van der Waals surface area contributed by atoms with E-state index in [1.807, 2.05) is 11.1 Å². The van der Waals surface area contributed by atoms with Crippen LogP contribution in [0, 0.1) is 5.92 Å². The van der Waals surface area contributed by atoms with Crippen molar-refractivity contribution in [3.05, 3.63) is 24.3 Å². The Kier molecular flexibility index (Phi) is 5.44. The number of carbonyl (C=O) groups excluding carboxylic acids is 1. The molecule has 30 heavy (non-hydrogen) atoms. The van der Waals surface area contributed by atoms with Crippen molar-refractivity contribution < 1.29 is 9.90 Å². The number of rotatable bonds is 6. The SMILES string of the molecule is O=C(C1CC1)N1CCC(O)(CC2CC=NN2c2ccc(NC3CCCC3)cc2)CC1. The quantitative estimate of drug-likeness (QED) is 0.749. The molecule has 2 aliphatic heterocycles. The maximum absolute atomic E-state index is 12.3. The molecule has 2 saturated carbocycles. The molecular weight excluding hydrogens is 376 g/mol. The molecule has 6 heteroatoms. The molecule has 6 nitrogen and oxygen atoms in total. The highest BCUT2D eigenvalue weighted by Gasteiger charge is 2.41. The fourth-order valence-corrected chi connectivity index (χ4v) is 5.29. The third kappa shape index (κ3) is 4.34. The third-order valence-electron chi connectivity index (χ3n) is 7.34. The number of nitrogens with zero attached hydrogens (tertiary/aromatic N) is 3. The lowest BCUT2D eigenvalue weighted by molar-refractivity contribution is -0.137. The average molecular weight is 411 g/mol. The predicted molar refractivity (Wildman–Crippen MR) is 120 cm³/mol. The molecule has 1 saturated heterocycles. The van der Waals surface area contributed by atoms with Crippen LogP contribution in [0.2, 0.25) is 0 Å². The minimum Gasteiger partial charge on any atom is -0.390 e. The zero-order valence-electron chi connectivity index (χ0n) is 17.8. The first-order chi connectivity index (χ1) is 14.6. The number of nitrogens with one attached hydrogen (secondary N) is 1. The summed E-state index contributed by atoms with van der Waals surface area (Å²) >= 11 is 0. The number of benzene rings is 1. The lowest BCUT2D eigenvalue weighted by Crippen LogP contribution is -2.49. The van der Waals surface area contributed by atoms with E-state index in [-0.39, 0.29) is 12.0 Å². The fraction of sp³-hybridized carbons (Fsp3) is 0.667. The maximum Gasteiger partial charge on any atom is 0.225 e. The second kappa shape index (κ2) is 8.22. The minimum absolute atomic E-state index is 0.175. The van der Waals surface area contributed by atoms with Gasteiger partial charge in [-0.15, -0.1) is 0 Å². The highest BCUT2D eigenvalue weighted by atomic mass is 16.3. The van der Waals surface area contributed by atoms with Crippen molar-refractivity contribution in [1.82, 2.24) is 4.90 Å². The van der Waals surface area contributed by atoms with Crippen molar-refractivity contribution in [1.29, 1.82) is 0 Å². The third-order valence-corrected chi connectivity index (χ3v) is 7.34. The Morgan fingerprint density at radius 3 is 2.47 bits per heavy atom. The van der Waals surface area contributed by atoms with Crippen LogP contribution in [-0.4, -0.2) is 52.9 Å². The summed E-state index contributed by atoms with van der Waals surface area (Å²) in [6, 6.07) is 9.35. The Balaban J connectivity index is 1.17. The Bertz CT molecular complexity index is 775. The van der Waals surface area contributed by atoms with Gasteiger partial charge < -0.3 is 15.3 Å². The van der Waals surface area contributed by atoms with Crippen LogP contribution in [0.1, 0.15) is 64.2 Å². The Hall–Kier alpha value is -2.08. The van der Waals surface area contributed by atoms with Gasteiger partial charge >= 0.3 is 0 Å². The lowest BCUT2D eigenvalue weighted by Gasteiger charge is -2.40. The number of hydrogen-bond acceptors (Lipinski definition) is 5. The van der Waals surface area contributed by atoms with Crippen molar-refractivity contribution in [2.75, 3.05) is 23.4 Å². The first-order valence-corrected chi connectivity index (χ1v) is 11.8. The van der Waals surface area contributed by atoms with Crippen molar-refractivity contribution in [2.24, 2.45) is 11.0 Å². The normalized spacial score (nSPS) is 26.4. The summed E-state index contributed by atoms with van der Waals surface area (Å²) in [5, 5.41) is 21.5. The summed E-state index contributed by atoms with van der Waals surface area (Å²) < 4.78 is 0. The predicted octanol–water partition coefficient (Wildman–Crippen LogP) is 3.76. The van der Waals surface area contributed by atoms with Gasteiger partial charge in [-0.1, -0.05) is 12.8 Å². The topological polar surface area (TPSA) is 68.2 Å². The molecule has 162 valence electrons. The first-order valence-electron chi connectivity index (χ1n) is 11.8. The van der Waals surface area contributed by atoms with Crippen LogP contribution >= 0.6 is 0 Å². The van der Waals surface area contributed by atoms with Gasteiger partial charge in [0.15, 0.2) is 0 Å². The van der Waals surface area contributed by atoms with Crippen molar-refractivity contribution in [3.63, 3.8) is 0 Å². The molecule has 2 aliphatic carbocycles. The van der Waals surface area contributed by atoms with Crippen LogP contribution < -0.4 is 10.3 Å². The van der Waals surface area contributed by atoms with E-state index in [1.54, 1.807) is 0 Å². The van der Waals surface area contributed by atoms with E-state index in [1.165, 1.54) is 31.4 Å². The van der Waals surface area contributed by atoms with E-state index in [2.05, 4.69) is 39.7 Å². The van der Waals surface area contributed by atoms with Crippen LogP contribution in [0.5, 0.6) is 0 Å². The van der Waals surface area contributed by atoms with Crippen LogP contribution in [0.15, 0.2) is 29.4 Å². The molecule has 0 aromatic heterocycles. The molecule has 5 rings (SSSR count). The van der Waals surface area contributed by atoms with Gasteiger partial charge in [0.1, 0.15) is 0 Å². The summed E-state index contributed by atoms with van der Waals surface area (Å²) in [5.74, 6) is 0.565. The number of piperidine rings is 1. The number of amides is 1. The first kappa shape index (κ1) is 19.9. The van der Waals surface area contributed by atoms with Gasteiger partial charge in [-0.05, 0) is 69.2 Å².